The minimum absolute atomic E-state index is 0.0106. The molecule has 0 amide bonds. The van der Waals surface area contributed by atoms with Crippen molar-refractivity contribution in [2.24, 2.45) is 0 Å². The second kappa shape index (κ2) is 9.96. The zero-order chi connectivity index (χ0) is 23.6. The number of aliphatic hydroxyl groups is 2. The molecule has 0 unspecified atom stereocenters. The predicted molar refractivity (Wildman–Crippen MR) is 128 cm³/mol. The maximum absolute atomic E-state index is 13.5. The van der Waals surface area contributed by atoms with Gasteiger partial charge in [-0.2, -0.15) is 4.31 Å². The van der Waals surface area contributed by atoms with Crippen molar-refractivity contribution in [3.63, 3.8) is 0 Å². The molecule has 0 radical (unpaired) electrons. The standard InChI is InChI=1S/C26H32N2O4S/c1-19-6-5-7-23(16-19)33(31,32)27-14-3-4-15-28-24(17-27)26(25(28)18-29)22-12-10-21(11-13-22)9-8-20(2)30/h5-7,10-13,16,20,24-26,29-30H,3-4,14-15,17-18H2,1-2H3/t20-,24-,25-,26-/m1/s1. The largest absolute Gasteiger partial charge is 0.395 e. The molecule has 0 saturated carbocycles. The van der Waals surface area contributed by atoms with Crippen LogP contribution in [0.4, 0.5) is 0 Å². The van der Waals surface area contributed by atoms with Crippen LogP contribution < -0.4 is 0 Å². The first kappa shape index (κ1) is 23.9. The van der Waals surface area contributed by atoms with Crippen LogP contribution in [0.5, 0.6) is 0 Å². The zero-order valence-electron chi connectivity index (χ0n) is 19.2. The van der Waals surface area contributed by atoms with Crippen molar-refractivity contribution in [1.29, 1.82) is 0 Å². The SMILES string of the molecule is Cc1cccc(S(=O)(=O)N2CCCCN3[C@H](CO)[C@H](c4ccc(C#C[C@@H](C)O)cc4)[C@H]3C2)c1. The fourth-order valence-electron chi connectivity index (χ4n) is 5.03. The molecule has 0 aromatic heterocycles. The molecule has 7 heteroatoms. The van der Waals surface area contributed by atoms with E-state index in [9.17, 15) is 18.6 Å². The fraction of sp³-hybridized carbons (Fsp3) is 0.462. The van der Waals surface area contributed by atoms with Crippen molar-refractivity contribution in [1.82, 2.24) is 9.21 Å². The van der Waals surface area contributed by atoms with E-state index in [4.69, 9.17) is 0 Å². The highest BCUT2D eigenvalue weighted by atomic mass is 32.2. The molecule has 2 aliphatic rings. The van der Waals surface area contributed by atoms with Crippen molar-refractivity contribution < 1.29 is 18.6 Å². The van der Waals surface area contributed by atoms with Gasteiger partial charge >= 0.3 is 0 Å². The van der Waals surface area contributed by atoms with Crippen LogP contribution in [0.2, 0.25) is 0 Å². The molecule has 2 fully saturated rings. The molecule has 176 valence electrons. The van der Waals surface area contributed by atoms with Gasteiger partial charge in [0.1, 0.15) is 6.10 Å². The number of aryl methyl sites for hydroxylation is 1. The highest BCUT2D eigenvalue weighted by molar-refractivity contribution is 7.89. The number of rotatable bonds is 4. The Morgan fingerprint density at radius 2 is 1.85 bits per heavy atom. The van der Waals surface area contributed by atoms with Gasteiger partial charge in [0, 0.05) is 36.7 Å². The molecule has 2 aliphatic heterocycles. The van der Waals surface area contributed by atoms with Gasteiger partial charge in [0.25, 0.3) is 0 Å². The maximum atomic E-state index is 13.5. The molecule has 0 spiro atoms. The highest BCUT2D eigenvalue weighted by Gasteiger charge is 2.50. The number of sulfonamides is 1. The Labute approximate surface area is 196 Å². The molecule has 2 aromatic carbocycles. The number of hydrogen-bond donors (Lipinski definition) is 2. The van der Waals surface area contributed by atoms with E-state index in [0.29, 0.717) is 18.0 Å². The van der Waals surface area contributed by atoms with E-state index in [2.05, 4.69) is 16.7 Å². The van der Waals surface area contributed by atoms with Gasteiger partial charge in [-0.15, -0.1) is 0 Å². The minimum atomic E-state index is -3.60. The van der Waals surface area contributed by atoms with Crippen LogP contribution in [-0.2, 0) is 10.0 Å². The molecule has 0 aliphatic carbocycles. The normalized spacial score (nSPS) is 25.0. The van der Waals surface area contributed by atoms with Gasteiger partial charge in [0.15, 0.2) is 0 Å². The van der Waals surface area contributed by atoms with Crippen molar-refractivity contribution in [2.75, 3.05) is 26.2 Å². The van der Waals surface area contributed by atoms with Crippen LogP contribution in [0.3, 0.4) is 0 Å². The molecular formula is C26H32N2O4S. The minimum Gasteiger partial charge on any atom is -0.395 e. The fourth-order valence-corrected chi connectivity index (χ4v) is 6.63. The van der Waals surface area contributed by atoms with Gasteiger partial charge in [-0.25, -0.2) is 8.42 Å². The lowest BCUT2D eigenvalue weighted by atomic mass is 9.74. The van der Waals surface area contributed by atoms with Gasteiger partial charge in [-0.3, -0.25) is 4.90 Å². The van der Waals surface area contributed by atoms with Crippen molar-refractivity contribution in [3.8, 4) is 11.8 Å². The first-order valence-electron chi connectivity index (χ1n) is 11.5. The molecule has 2 N–H and O–H groups in total. The number of benzene rings is 2. The molecule has 6 nitrogen and oxygen atoms in total. The molecular weight excluding hydrogens is 436 g/mol. The third-order valence-corrected chi connectivity index (χ3v) is 8.54. The van der Waals surface area contributed by atoms with E-state index < -0.39 is 16.1 Å². The smallest absolute Gasteiger partial charge is 0.243 e. The summed E-state index contributed by atoms with van der Waals surface area (Å²) in [4.78, 5) is 2.61. The van der Waals surface area contributed by atoms with Crippen LogP contribution in [0.15, 0.2) is 53.4 Å². The van der Waals surface area contributed by atoms with Crippen LogP contribution >= 0.6 is 0 Å². The highest BCUT2D eigenvalue weighted by Crippen LogP contribution is 2.42. The van der Waals surface area contributed by atoms with Crippen molar-refractivity contribution >= 4 is 10.0 Å². The third-order valence-electron chi connectivity index (χ3n) is 6.68. The second-order valence-corrected chi connectivity index (χ2v) is 11.0. The molecule has 2 saturated heterocycles. The molecule has 0 bridgehead atoms. The van der Waals surface area contributed by atoms with Gasteiger partial charge in [-0.1, -0.05) is 36.1 Å². The monoisotopic (exact) mass is 468 g/mol. The zero-order valence-corrected chi connectivity index (χ0v) is 20.0. The molecule has 4 atom stereocenters. The first-order valence-corrected chi connectivity index (χ1v) is 13.0. The Hall–Kier alpha value is -2.21. The summed E-state index contributed by atoms with van der Waals surface area (Å²) in [5.74, 6) is 5.74. The Kier molecular flexibility index (Phi) is 7.22. The van der Waals surface area contributed by atoms with Crippen LogP contribution in [0.1, 0.15) is 42.4 Å². The summed E-state index contributed by atoms with van der Waals surface area (Å²) in [5.41, 5.74) is 2.81. The summed E-state index contributed by atoms with van der Waals surface area (Å²) in [6.07, 6.45) is 1.01. The summed E-state index contributed by atoms with van der Waals surface area (Å²) >= 11 is 0. The number of fused-ring (bicyclic) bond motifs is 1. The van der Waals surface area contributed by atoms with E-state index in [1.807, 2.05) is 37.3 Å². The average Bonchev–Trinajstić information content (AvgIpc) is 2.77. The summed E-state index contributed by atoms with van der Waals surface area (Å²) in [6, 6.07) is 14.9. The maximum Gasteiger partial charge on any atom is 0.243 e. The predicted octanol–water partition coefficient (Wildman–Crippen LogP) is 2.34. The summed E-state index contributed by atoms with van der Waals surface area (Å²) in [5, 5.41) is 19.5. The van der Waals surface area contributed by atoms with Gasteiger partial charge in [-0.05, 0) is 68.6 Å². The summed E-state index contributed by atoms with van der Waals surface area (Å²) in [7, 11) is -3.60. The lowest BCUT2D eigenvalue weighted by molar-refractivity contribution is -0.0553. The molecule has 33 heavy (non-hydrogen) atoms. The second-order valence-electron chi connectivity index (χ2n) is 9.03. The lowest BCUT2D eigenvalue weighted by Crippen LogP contribution is -2.67. The quantitative estimate of drug-likeness (QED) is 0.674. The first-order chi connectivity index (χ1) is 15.8. The van der Waals surface area contributed by atoms with Gasteiger partial charge in [0.05, 0.1) is 11.5 Å². The number of aliphatic hydroxyl groups excluding tert-OH is 2. The number of nitrogens with zero attached hydrogens (tertiary/aromatic N) is 2. The van der Waals surface area contributed by atoms with E-state index in [1.165, 1.54) is 0 Å². The van der Waals surface area contributed by atoms with Crippen LogP contribution in [0.25, 0.3) is 0 Å². The van der Waals surface area contributed by atoms with Crippen molar-refractivity contribution in [2.45, 2.75) is 55.7 Å². The number of hydrogen-bond acceptors (Lipinski definition) is 5. The Bertz CT molecular complexity index is 1130. The Balaban J connectivity index is 1.61. The molecule has 2 heterocycles. The topological polar surface area (TPSA) is 81.1 Å². The molecule has 2 aromatic rings. The van der Waals surface area contributed by atoms with E-state index >= 15 is 0 Å². The van der Waals surface area contributed by atoms with Crippen LogP contribution in [0, 0.1) is 18.8 Å². The molecule has 4 rings (SSSR count). The van der Waals surface area contributed by atoms with Gasteiger partial charge < -0.3 is 10.2 Å². The summed E-state index contributed by atoms with van der Waals surface area (Å²) < 4.78 is 28.6. The van der Waals surface area contributed by atoms with Crippen LogP contribution in [-0.4, -0.2) is 72.3 Å². The van der Waals surface area contributed by atoms with E-state index in [-0.39, 0.29) is 24.6 Å². The third kappa shape index (κ3) is 5.01. The van der Waals surface area contributed by atoms with E-state index in [0.717, 1.165) is 36.1 Å². The summed E-state index contributed by atoms with van der Waals surface area (Å²) in [6.45, 7) is 5.34. The Morgan fingerprint density at radius 1 is 1.12 bits per heavy atom. The van der Waals surface area contributed by atoms with Gasteiger partial charge in [0.2, 0.25) is 10.0 Å². The average molecular weight is 469 g/mol. The lowest BCUT2D eigenvalue weighted by Gasteiger charge is -2.57. The Morgan fingerprint density at radius 3 is 2.52 bits per heavy atom. The van der Waals surface area contributed by atoms with E-state index in [1.54, 1.807) is 29.4 Å². The van der Waals surface area contributed by atoms with Crippen molar-refractivity contribution in [3.05, 3.63) is 65.2 Å².